The van der Waals surface area contributed by atoms with Gasteiger partial charge in [0, 0.05) is 38.4 Å². The van der Waals surface area contributed by atoms with E-state index in [2.05, 4.69) is 167 Å². The molecule has 0 fully saturated rings. The van der Waals surface area contributed by atoms with Gasteiger partial charge in [0.05, 0.1) is 33.3 Å². The molecule has 3 aromatic heterocycles. The summed E-state index contributed by atoms with van der Waals surface area (Å²) in [6.45, 7) is 0. The maximum atomic E-state index is 5.39. The third-order valence-electron chi connectivity index (χ3n) is 10.3. The monoisotopic (exact) mass is 663 g/mol. The van der Waals surface area contributed by atoms with Crippen LogP contribution < -0.4 is 0 Å². The van der Waals surface area contributed by atoms with Crippen molar-refractivity contribution in [2.45, 2.75) is 0 Å². The largest absolute Gasteiger partial charge is 0.292 e. The van der Waals surface area contributed by atoms with E-state index in [0.717, 1.165) is 72.1 Å². The molecule has 8 aromatic carbocycles. The lowest BCUT2D eigenvalue weighted by molar-refractivity contribution is 1.01. The first-order valence-corrected chi connectivity index (χ1v) is 17.6. The average molecular weight is 664 g/mol. The van der Waals surface area contributed by atoms with Crippen molar-refractivity contribution in [3.05, 3.63) is 176 Å². The highest BCUT2D eigenvalue weighted by Crippen LogP contribution is 2.42. The second-order valence-electron chi connectivity index (χ2n) is 13.2. The first-order chi connectivity index (χ1) is 25.8. The number of rotatable bonds is 4. The normalized spacial score (nSPS) is 11.8. The summed E-state index contributed by atoms with van der Waals surface area (Å²) in [7, 11) is 0. The molecule has 242 valence electrons. The van der Waals surface area contributed by atoms with Gasteiger partial charge in [0.25, 0.3) is 0 Å². The molecule has 0 atom stereocenters. The van der Waals surface area contributed by atoms with Crippen LogP contribution in [0.5, 0.6) is 0 Å². The van der Waals surface area contributed by atoms with Gasteiger partial charge in [0.1, 0.15) is 5.82 Å². The first-order valence-electron chi connectivity index (χ1n) is 17.6. The summed E-state index contributed by atoms with van der Waals surface area (Å²) in [4.78, 5) is 15.9. The Balaban J connectivity index is 1.24. The molecule has 0 N–H and O–H groups in total. The SMILES string of the molecule is c1ccc(-c2nc(-n3c4ccccc4c4c5c(ccc6c5ccc5c6nc(-c6ccccc6)n5-c5ccccc5)ccc43)nc3ccccc23)cc1. The minimum Gasteiger partial charge on any atom is -0.292 e. The van der Waals surface area contributed by atoms with E-state index in [1.54, 1.807) is 0 Å². The van der Waals surface area contributed by atoms with Crippen molar-refractivity contribution in [3.63, 3.8) is 0 Å². The summed E-state index contributed by atoms with van der Waals surface area (Å²) in [5, 5.41) is 8.04. The molecule has 11 aromatic rings. The molecular formula is C47H29N5. The lowest BCUT2D eigenvalue weighted by atomic mass is 9.97. The third-order valence-corrected chi connectivity index (χ3v) is 10.3. The number of nitrogens with zero attached hydrogens (tertiary/aromatic N) is 5. The van der Waals surface area contributed by atoms with E-state index < -0.39 is 0 Å². The third kappa shape index (κ3) is 4.20. The Kier molecular flexibility index (Phi) is 6.18. The van der Waals surface area contributed by atoms with E-state index in [1.165, 1.54) is 21.5 Å². The fourth-order valence-corrected chi connectivity index (χ4v) is 8.05. The lowest BCUT2D eigenvalue weighted by Crippen LogP contribution is -2.03. The van der Waals surface area contributed by atoms with Gasteiger partial charge >= 0.3 is 0 Å². The summed E-state index contributed by atoms with van der Waals surface area (Å²) in [6, 6.07) is 61.7. The molecule has 5 nitrogen and oxygen atoms in total. The van der Waals surface area contributed by atoms with Crippen LogP contribution in [0.3, 0.4) is 0 Å². The second kappa shape index (κ2) is 11.2. The molecule has 0 saturated heterocycles. The number of para-hydroxylation sites is 3. The Hall–Kier alpha value is -7.11. The van der Waals surface area contributed by atoms with Gasteiger partial charge in [0.15, 0.2) is 0 Å². The molecule has 0 radical (unpaired) electrons. The van der Waals surface area contributed by atoms with Crippen LogP contribution in [0.25, 0.3) is 99.6 Å². The smallest absolute Gasteiger partial charge is 0.235 e. The Labute approximate surface area is 298 Å². The molecule has 0 spiro atoms. The highest BCUT2D eigenvalue weighted by atomic mass is 15.2. The average Bonchev–Trinajstić information content (AvgIpc) is 3.78. The van der Waals surface area contributed by atoms with Crippen LogP contribution in [0.1, 0.15) is 0 Å². The molecule has 0 bridgehead atoms. The van der Waals surface area contributed by atoms with E-state index in [1.807, 2.05) is 18.2 Å². The number of imidazole rings is 1. The summed E-state index contributed by atoms with van der Waals surface area (Å²) in [5.74, 6) is 1.58. The van der Waals surface area contributed by atoms with Crippen LogP contribution in [0, 0.1) is 0 Å². The highest BCUT2D eigenvalue weighted by Gasteiger charge is 2.22. The van der Waals surface area contributed by atoms with Crippen molar-refractivity contribution in [1.82, 2.24) is 24.1 Å². The van der Waals surface area contributed by atoms with E-state index in [0.29, 0.717) is 5.95 Å². The molecular weight excluding hydrogens is 635 g/mol. The standard InChI is InChI=1S/C47H29N5/c1-4-14-31(15-5-1)44-36-20-10-12-22-38(36)48-47(50-44)52-39-23-13-11-21-37(39)43-40(52)28-25-30-24-26-35-34(42(30)43)27-29-41-45(35)49-46(32-16-6-2-7-17-32)51(41)33-18-8-3-9-19-33/h1-29H. The lowest BCUT2D eigenvalue weighted by Gasteiger charge is -2.12. The molecule has 0 aliphatic rings. The fourth-order valence-electron chi connectivity index (χ4n) is 8.05. The Morgan fingerprint density at radius 1 is 0.365 bits per heavy atom. The zero-order valence-electron chi connectivity index (χ0n) is 28.0. The number of hydrogen-bond acceptors (Lipinski definition) is 3. The number of hydrogen-bond donors (Lipinski definition) is 0. The Bertz CT molecular complexity index is 3160. The van der Waals surface area contributed by atoms with Crippen LogP contribution in [-0.4, -0.2) is 24.1 Å². The summed E-state index contributed by atoms with van der Waals surface area (Å²) in [5.41, 5.74) is 9.24. The second-order valence-corrected chi connectivity index (χ2v) is 13.2. The summed E-state index contributed by atoms with van der Waals surface area (Å²) >= 11 is 0. The minimum absolute atomic E-state index is 0.653. The van der Waals surface area contributed by atoms with Gasteiger partial charge in [-0.2, -0.15) is 0 Å². The van der Waals surface area contributed by atoms with Crippen molar-refractivity contribution >= 4 is 65.3 Å². The van der Waals surface area contributed by atoms with Crippen LogP contribution in [-0.2, 0) is 0 Å². The first kappa shape index (κ1) is 28.7. The molecule has 11 rings (SSSR count). The van der Waals surface area contributed by atoms with Crippen molar-refractivity contribution < 1.29 is 0 Å². The van der Waals surface area contributed by atoms with Crippen LogP contribution in [0.2, 0.25) is 0 Å². The van der Waals surface area contributed by atoms with Crippen molar-refractivity contribution in [3.8, 4) is 34.3 Å². The maximum Gasteiger partial charge on any atom is 0.235 e. The summed E-state index contributed by atoms with van der Waals surface area (Å²) < 4.78 is 4.51. The maximum absolute atomic E-state index is 5.39. The molecule has 0 aliphatic carbocycles. The highest BCUT2D eigenvalue weighted by molar-refractivity contribution is 6.30. The molecule has 0 aliphatic heterocycles. The Morgan fingerprint density at radius 2 is 1.00 bits per heavy atom. The predicted octanol–water partition coefficient (Wildman–Crippen LogP) is 11.7. The predicted molar refractivity (Wildman–Crippen MR) is 214 cm³/mol. The van der Waals surface area contributed by atoms with Gasteiger partial charge in [-0.1, -0.05) is 140 Å². The van der Waals surface area contributed by atoms with Gasteiger partial charge in [-0.15, -0.1) is 0 Å². The van der Waals surface area contributed by atoms with E-state index in [-0.39, 0.29) is 0 Å². The number of benzene rings is 8. The topological polar surface area (TPSA) is 48.5 Å². The van der Waals surface area contributed by atoms with Crippen molar-refractivity contribution in [2.24, 2.45) is 0 Å². The molecule has 3 heterocycles. The molecule has 0 unspecified atom stereocenters. The number of fused-ring (bicyclic) bond motifs is 10. The number of aromatic nitrogens is 5. The summed E-state index contributed by atoms with van der Waals surface area (Å²) in [6.07, 6.45) is 0. The van der Waals surface area contributed by atoms with Gasteiger partial charge in [-0.05, 0) is 52.6 Å². The van der Waals surface area contributed by atoms with Gasteiger partial charge in [0.2, 0.25) is 5.95 Å². The minimum atomic E-state index is 0.653. The molecule has 5 heteroatoms. The molecule has 0 amide bonds. The van der Waals surface area contributed by atoms with E-state index >= 15 is 0 Å². The van der Waals surface area contributed by atoms with Crippen LogP contribution >= 0.6 is 0 Å². The van der Waals surface area contributed by atoms with Crippen molar-refractivity contribution in [2.75, 3.05) is 0 Å². The van der Waals surface area contributed by atoms with Gasteiger partial charge < -0.3 is 0 Å². The van der Waals surface area contributed by atoms with E-state index in [9.17, 15) is 0 Å². The zero-order valence-corrected chi connectivity index (χ0v) is 28.0. The van der Waals surface area contributed by atoms with Crippen molar-refractivity contribution in [1.29, 1.82) is 0 Å². The van der Waals surface area contributed by atoms with E-state index in [4.69, 9.17) is 15.0 Å². The van der Waals surface area contributed by atoms with Crippen LogP contribution in [0.15, 0.2) is 176 Å². The fraction of sp³-hybridized carbons (Fsp3) is 0. The molecule has 0 saturated carbocycles. The van der Waals surface area contributed by atoms with Gasteiger partial charge in [-0.25, -0.2) is 15.0 Å². The van der Waals surface area contributed by atoms with Gasteiger partial charge in [-0.3, -0.25) is 9.13 Å². The quantitative estimate of drug-likeness (QED) is 0.176. The van der Waals surface area contributed by atoms with Crippen LogP contribution in [0.4, 0.5) is 0 Å². The zero-order chi connectivity index (χ0) is 34.2. The Morgan fingerprint density at radius 3 is 1.81 bits per heavy atom. The molecule has 52 heavy (non-hydrogen) atoms.